The van der Waals surface area contributed by atoms with Gasteiger partial charge in [-0.3, -0.25) is 10.7 Å². The molecule has 5 unspecified atom stereocenters. The van der Waals surface area contributed by atoms with Crippen LogP contribution in [-0.4, -0.2) is 80.4 Å². The second-order valence-electron chi connectivity index (χ2n) is 9.66. The molecule has 0 radical (unpaired) electrons. The minimum atomic E-state index is -1.11. The molecule has 0 amide bonds. The molecular formula is C24H38F2IN5O2S2. The van der Waals surface area contributed by atoms with Crippen molar-refractivity contribution in [3.63, 3.8) is 0 Å². The Morgan fingerprint density at radius 2 is 2.11 bits per heavy atom. The SMILES string of the molecule is CNCC1CCC(N(C(=S)NNCSC2=C(O)C=C(C3=ICNC(OC)CC3)C(F)C2)C2CC2)C1F. The van der Waals surface area contributed by atoms with Crippen molar-refractivity contribution >= 4 is 53.3 Å². The number of hydrazine groups is 1. The van der Waals surface area contributed by atoms with Gasteiger partial charge in [-0.05, 0) is 72.9 Å². The Bertz CT molecular complexity index is 889. The highest BCUT2D eigenvalue weighted by Gasteiger charge is 2.45. The van der Waals surface area contributed by atoms with Crippen molar-refractivity contribution in [2.75, 3.05) is 31.1 Å². The maximum Gasteiger partial charge on any atom is 0.184 e. The zero-order valence-electron chi connectivity index (χ0n) is 20.9. The van der Waals surface area contributed by atoms with E-state index in [-0.39, 0.29) is 51.1 Å². The Labute approximate surface area is 232 Å². The molecule has 1 aliphatic heterocycles. The minimum Gasteiger partial charge on any atom is -0.507 e. The molecule has 0 bridgehead atoms. The highest BCUT2D eigenvalue weighted by atomic mass is 127. The quantitative estimate of drug-likeness (QED) is 0.0460. The summed E-state index contributed by atoms with van der Waals surface area (Å²) < 4.78 is 37.6. The molecule has 0 aromatic heterocycles. The van der Waals surface area contributed by atoms with Gasteiger partial charge in [0.15, 0.2) is 5.11 Å². The van der Waals surface area contributed by atoms with Crippen LogP contribution in [0.15, 0.2) is 22.3 Å². The number of hydrogen-bond donors (Lipinski definition) is 5. The topological polar surface area (TPSA) is 80.8 Å². The molecule has 7 nitrogen and oxygen atoms in total. The first-order valence-electron chi connectivity index (χ1n) is 12.6. The number of thiocarbonyl (C=S) groups is 1. The number of ether oxygens (including phenoxy) is 1. The molecule has 36 heavy (non-hydrogen) atoms. The summed E-state index contributed by atoms with van der Waals surface area (Å²) in [7, 11) is 3.54. The second kappa shape index (κ2) is 13.6. The van der Waals surface area contributed by atoms with E-state index in [9.17, 15) is 5.11 Å². The van der Waals surface area contributed by atoms with Crippen molar-refractivity contribution < 1.29 is 18.6 Å². The average Bonchev–Trinajstić information content (AvgIpc) is 3.67. The highest BCUT2D eigenvalue weighted by Crippen LogP contribution is 2.39. The first-order valence-corrected chi connectivity index (χ1v) is 16.6. The molecule has 0 spiro atoms. The zero-order chi connectivity index (χ0) is 25.7. The number of allylic oxidation sites excluding steroid dienone is 3. The van der Waals surface area contributed by atoms with Crippen LogP contribution in [-0.2, 0) is 4.74 Å². The van der Waals surface area contributed by atoms with Gasteiger partial charge in [0.05, 0.1) is 11.9 Å². The van der Waals surface area contributed by atoms with Gasteiger partial charge >= 0.3 is 0 Å². The van der Waals surface area contributed by atoms with Crippen molar-refractivity contribution in [2.24, 2.45) is 5.92 Å². The summed E-state index contributed by atoms with van der Waals surface area (Å²) in [6, 6.07) is 0.112. The van der Waals surface area contributed by atoms with Crippen molar-refractivity contribution in [2.45, 2.75) is 75.6 Å². The van der Waals surface area contributed by atoms with E-state index < -0.39 is 12.3 Å². The molecule has 0 aromatic rings. The largest absolute Gasteiger partial charge is 0.507 e. The summed E-state index contributed by atoms with van der Waals surface area (Å²) in [5, 5.41) is 17.6. The monoisotopic (exact) mass is 657 g/mol. The van der Waals surface area contributed by atoms with E-state index in [2.05, 4.69) is 21.5 Å². The first kappa shape index (κ1) is 28.6. The lowest BCUT2D eigenvalue weighted by atomic mass is 9.96. The molecule has 204 valence electrons. The maximum atomic E-state index is 15.1. The van der Waals surface area contributed by atoms with Gasteiger partial charge in [0, 0.05) is 41.5 Å². The molecule has 4 aliphatic rings. The predicted octanol–water partition coefficient (Wildman–Crippen LogP) is 3.75. The van der Waals surface area contributed by atoms with Crippen molar-refractivity contribution in [3.8, 4) is 0 Å². The van der Waals surface area contributed by atoms with E-state index in [4.69, 9.17) is 17.0 Å². The number of hydrogen-bond acceptors (Lipinski definition) is 7. The molecule has 2 fully saturated rings. The number of rotatable bonds is 10. The van der Waals surface area contributed by atoms with Crippen LogP contribution in [0.1, 0.15) is 44.9 Å². The molecule has 5 atom stereocenters. The van der Waals surface area contributed by atoms with Gasteiger partial charge in [-0.15, -0.1) is 32.5 Å². The lowest BCUT2D eigenvalue weighted by Gasteiger charge is -2.33. The van der Waals surface area contributed by atoms with Crippen LogP contribution < -0.4 is 21.5 Å². The third-order valence-corrected chi connectivity index (χ3v) is 11.4. The van der Waals surface area contributed by atoms with Crippen LogP contribution in [0.5, 0.6) is 0 Å². The Kier molecular flexibility index (Phi) is 10.8. The van der Waals surface area contributed by atoms with Crippen molar-refractivity contribution in [3.05, 3.63) is 22.3 Å². The van der Waals surface area contributed by atoms with Crippen LogP contribution in [0.4, 0.5) is 8.78 Å². The normalized spacial score (nSPS) is 31.3. The predicted molar refractivity (Wildman–Crippen MR) is 156 cm³/mol. The van der Waals surface area contributed by atoms with Gasteiger partial charge in [-0.2, -0.15) is 0 Å². The van der Waals surface area contributed by atoms with E-state index >= 15 is 8.78 Å². The summed E-state index contributed by atoms with van der Waals surface area (Å²) in [6.45, 7) is 0.682. The molecule has 5 N–H and O–H groups in total. The van der Waals surface area contributed by atoms with Crippen LogP contribution in [0.3, 0.4) is 0 Å². The highest BCUT2D eigenvalue weighted by molar-refractivity contribution is 14.2. The average molecular weight is 658 g/mol. The van der Waals surface area contributed by atoms with Gasteiger partial charge in [0.25, 0.3) is 0 Å². The van der Waals surface area contributed by atoms with E-state index in [1.54, 1.807) is 13.2 Å². The molecule has 3 aliphatic carbocycles. The van der Waals surface area contributed by atoms with Crippen LogP contribution in [0.25, 0.3) is 0 Å². The number of nitrogens with zero attached hydrogens (tertiary/aromatic N) is 1. The van der Waals surface area contributed by atoms with E-state index in [0.29, 0.717) is 34.1 Å². The smallest absolute Gasteiger partial charge is 0.184 e. The number of aliphatic hydroxyl groups is 1. The van der Waals surface area contributed by atoms with Crippen LogP contribution >= 0.6 is 44.7 Å². The summed E-state index contributed by atoms with van der Waals surface area (Å²) >= 11 is 6.66. The Hall–Kier alpha value is -0.380. The van der Waals surface area contributed by atoms with Gasteiger partial charge < -0.3 is 20.1 Å². The molecule has 2 saturated carbocycles. The molecular weight excluding hydrogens is 619 g/mol. The first-order chi connectivity index (χ1) is 17.4. The summed E-state index contributed by atoms with van der Waals surface area (Å²) in [5.41, 5.74) is 6.81. The van der Waals surface area contributed by atoms with E-state index in [0.717, 1.165) is 46.6 Å². The number of nitrogens with one attached hydrogen (secondary N) is 4. The fraction of sp³-hybridized carbons (Fsp3) is 0.750. The number of thioether (sulfide) groups is 1. The number of alkyl halides is 3. The summed E-state index contributed by atoms with van der Waals surface area (Å²) in [4.78, 5) is 2.67. The zero-order valence-corrected chi connectivity index (χ0v) is 24.7. The third kappa shape index (κ3) is 7.17. The molecule has 0 aromatic carbocycles. The second-order valence-corrected chi connectivity index (χ2v) is 13.9. The minimum absolute atomic E-state index is 0.0134. The molecule has 1 heterocycles. The van der Waals surface area contributed by atoms with Gasteiger partial charge in [0.1, 0.15) is 24.3 Å². The lowest BCUT2D eigenvalue weighted by molar-refractivity contribution is 0.0750. The van der Waals surface area contributed by atoms with Crippen LogP contribution in [0.2, 0.25) is 0 Å². The Morgan fingerprint density at radius 1 is 1.31 bits per heavy atom. The molecule has 4 rings (SSSR count). The number of aliphatic hydroxyl groups excluding tert-OH is 1. The van der Waals surface area contributed by atoms with Gasteiger partial charge in [-0.1, -0.05) is 0 Å². The number of methoxy groups -OCH3 is 1. The number of halogens is 3. The Morgan fingerprint density at radius 3 is 2.83 bits per heavy atom. The fourth-order valence-corrected chi connectivity index (χ4v) is 9.10. The third-order valence-electron chi connectivity index (χ3n) is 7.20. The molecule has 0 saturated heterocycles. The standard InChI is InChI=1S/C24H38F2IN5O2S2/c1-28-11-14-3-7-19(23(14)26)32(15-4-5-15)24(35)31-30-13-36-21-10-17(25)16(9-20(21)33)18-6-8-22(34-2)29-12-27-18/h9,14-15,17,19,22-23,28-30,33H,3-8,10-13H2,1-2H3,(H,31,35). The lowest BCUT2D eigenvalue weighted by Crippen LogP contribution is -2.53. The maximum absolute atomic E-state index is 15.1. The van der Waals surface area contributed by atoms with Crippen LogP contribution in [0, 0.1) is 5.92 Å². The van der Waals surface area contributed by atoms with E-state index in [1.807, 2.05) is 11.9 Å². The van der Waals surface area contributed by atoms with Gasteiger partial charge in [0.2, 0.25) is 0 Å². The van der Waals surface area contributed by atoms with E-state index in [1.165, 1.54) is 11.8 Å². The molecule has 12 heteroatoms. The van der Waals surface area contributed by atoms with Gasteiger partial charge in [-0.25, -0.2) is 14.2 Å². The summed E-state index contributed by atoms with van der Waals surface area (Å²) in [6.07, 6.45) is 5.16. The fourth-order valence-electron chi connectivity index (χ4n) is 5.16. The summed E-state index contributed by atoms with van der Waals surface area (Å²) in [5.74, 6) is 0.575. The van der Waals surface area contributed by atoms with Crippen molar-refractivity contribution in [1.29, 1.82) is 0 Å². The van der Waals surface area contributed by atoms with Crippen molar-refractivity contribution in [1.82, 2.24) is 26.4 Å². The Balaban J connectivity index is 1.28.